The summed E-state index contributed by atoms with van der Waals surface area (Å²) < 4.78 is 11.1. The van der Waals surface area contributed by atoms with Crippen molar-refractivity contribution >= 4 is 11.6 Å². The van der Waals surface area contributed by atoms with Crippen molar-refractivity contribution in [3.05, 3.63) is 53.3 Å². The van der Waals surface area contributed by atoms with E-state index in [1.54, 1.807) is 13.3 Å². The van der Waals surface area contributed by atoms with E-state index in [1.807, 2.05) is 37.4 Å². The second-order valence-electron chi connectivity index (χ2n) is 4.24. The molecule has 0 N–H and O–H groups in total. The lowest BCUT2D eigenvalue weighted by atomic mass is 10.2. The lowest BCUT2D eigenvalue weighted by molar-refractivity contribution is 0.282. The molecule has 100 valence electrons. The number of alkyl halides is 1. The first kappa shape index (κ1) is 13.7. The normalized spacial score (nSPS) is 10.3. The summed E-state index contributed by atoms with van der Waals surface area (Å²) in [5.41, 5.74) is 3.05. The van der Waals surface area contributed by atoms with Crippen LogP contribution in [0.1, 0.15) is 16.7 Å². The maximum absolute atomic E-state index is 5.92. The Bertz CT molecular complexity index is 535. The number of hydrogen-bond acceptors (Lipinski definition) is 3. The van der Waals surface area contributed by atoms with Crippen molar-refractivity contribution < 1.29 is 9.47 Å². The van der Waals surface area contributed by atoms with E-state index in [0.717, 1.165) is 16.7 Å². The number of ether oxygens (including phenoxy) is 2. The van der Waals surface area contributed by atoms with Crippen LogP contribution in [-0.2, 0) is 12.5 Å². The van der Waals surface area contributed by atoms with Crippen LogP contribution < -0.4 is 9.47 Å². The van der Waals surface area contributed by atoms with E-state index in [-0.39, 0.29) is 0 Å². The predicted octanol–water partition coefficient (Wildman–Crippen LogP) is 3.72. The van der Waals surface area contributed by atoms with Crippen LogP contribution in [0.25, 0.3) is 0 Å². The molecule has 0 unspecified atom stereocenters. The van der Waals surface area contributed by atoms with Crippen LogP contribution in [0, 0.1) is 6.92 Å². The molecule has 1 aromatic heterocycles. The number of rotatable bonds is 5. The highest BCUT2D eigenvalue weighted by Crippen LogP contribution is 2.32. The van der Waals surface area contributed by atoms with Gasteiger partial charge in [-0.3, -0.25) is 4.98 Å². The topological polar surface area (TPSA) is 31.4 Å². The Labute approximate surface area is 118 Å². The van der Waals surface area contributed by atoms with Crippen LogP contribution in [0.5, 0.6) is 11.5 Å². The van der Waals surface area contributed by atoms with Gasteiger partial charge in [-0.15, -0.1) is 11.6 Å². The van der Waals surface area contributed by atoms with Crippen molar-refractivity contribution in [3.63, 3.8) is 0 Å². The number of benzene rings is 1. The second-order valence-corrected chi connectivity index (χ2v) is 4.51. The maximum Gasteiger partial charge on any atom is 0.166 e. The summed E-state index contributed by atoms with van der Waals surface area (Å²) in [6, 6.07) is 7.74. The highest BCUT2D eigenvalue weighted by Gasteiger charge is 2.10. The Kier molecular flexibility index (Phi) is 4.63. The van der Waals surface area contributed by atoms with Crippen LogP contribution >= 0.6 is 11.6 Å². The van der Waals surface area contributed by atoms with E-state index in [1.165, 1.54) is 0 Å². The molecule has 0 saturated heterocycles. The molecule has 4 heteroatoms. The van der Waals surface area contributed by atoms with E-state index in [0.29, 0.717) is 24.0 Å². The quantitative estimate of drug-likeness (QED) is 0.781. The van der Waals surface area contributed by atoms with E-state index in [2.05, 4.69) is 4.98 Å². The Balaban J connectivity index is 2.19. The van der Waals surface area contributed by atoms with Gasteiger partial charge in [-0.05, 0) is 24.6 Å². The molecule has 0 spiro atoms. The summed E-state index contributed by atoms with van der Waals surface area (Å²) in [5.74, 6) is 1.78. The lowest BCUT2D eigenvalue weighted by Crippen LogP contribution is -2.01. The van der Waals surface area contributed by atoms with Gasteiger partial charge in [0.25, 0.3) is 0 Å². The molecular formula is C15H16ClNO2. The highest BCUT2D eigenvalue weighted by atomic mass is 35.5. The minimum atomic E-state index is 0.388. The number of nitrogens with zero attached hydrogens (tertiary/aromatic N) is 1. The Hall–Kier alpha value is -1.74. The average Bonchev–Trinajstić information content (AvgIpc) is 2.44. The van der Waals surface area contributed by atoms with Crippen LogP contribution in [0.15, 0.2) is 36.7 Å². The fraction of sp³-hybridized carbons (Fsp3) is 0.267. The smallest absolute Gasteiger partial charge is 0.166 e. The Morgan fingerprint density at radius 3 is 2.79 bits per heavy atom. The van der Waals surface area contributed by atoms with E-state index < -0.39 is 0 Å². The molecule has 0 aliphatic carbocycles. The molecule has 0 aliphatic heterocycles. The summed E-state index contributed by atoms with van der Waals surface area (Å²) >= 11 is 5.92. The fourth-order valence-corrected chi connectivity index (χ4v) is 2.05. The van der Waals surface area contributed by atoms with Crippen LogP contribution in [0.3, 0.4) is 0 Å². The van der Waals surface area contributed by atoms with Crippen molar-refractivity contribution in [3.8, 4) is 11.5 Å². The molecule has 0 radical (unpaired) electrons. The number of para-hydroxylation sites is 1. The zero-order valence-electron chi connectivity index (χ0n) is 11.0. The van der Waals surface area contributed by atoms with Gasteiger partial charge in [-0.2, -0.15) is 0 Å². The first-order valence-corrected chi connectivity index (χ1v) is 6.53. The molecule has 2 aromatic rings. The zero-order chi connectivity index (χ0) is 13.7. The van der Waals surface area contributed by atoms with E-state index >= 15 is 0 Å². The van der Waals surface area contributed by atoms with Crippen molar-refractivity contribution in [2.75, 3.05) is 7.11 Å². The Morgan fingerprint density at radius 2 is 2.11 bits per heavy atom. The minimum absolute atomic E-state index is 0.388. The van der Waals surface area contributed by atoms with Crippen molar-refractivity contribution in [1.29, 1.82) is 0 Å². The standard InChI is InChI=1S/C15H16ClNO2/c1-11-6-12(9-17-8-11)10-19-15-13(7-16)4-3-5-14(15)18-2/h3-6,8-9H,7,10H2,1-2H3. The second kappa shape index (κ2) is 6.43. The van der Waals surface area contributed by atoms with Crippen LogP contribution in [0.2, 0.25) is 0 Å². The van der Waals surface area contributed by atoms with Gasteiger partial charge >= 0.3 is 0 Å². The molecule has 0 saturated carbocycles. The Morgan fingerprint density at radius 1 is 1.26 bits per heavy atom. The monoisotopic (exact) mass is 277 g/mol. The number of methoxy groups -OCH3 is 1. The summed E-state index contributed by atoms with van der Waals surface area (Å²) in [7, 11) is 1.62. The van der Waals surface area contributed by atoms with Gasteiger partial charge in [0.2, 0.25) is 0 Å². The summed E-state index contributed by atoms with van der Waals surface area (Å²) in [6.07, 6.45) is 3.61. The third-order valence-electron chi connectivity index (χ3n) is 2.74. The van der Waals surface area contributed by atoms with Gasteiger partial charge in [0.15, 0.2) is 11.5 Å². The molecule has 0 fully saturated rings. The lowest BCUT2D eigenvalue weighted by Gasteiger charge is -2.14. The number of aryl methyl sites for hydroxylation is 1. The molecule has 0 aliphatic rings. The number of hydrogen-bond donors (Lipinski definition) is 0. The van der Waals surface area contributed by atoms with Crippen molar-refractivity contribution in [2.45, 2.75) is 19.4 Å². The summed E-state index contributed by atoms with van der Waals surface area (Å²) in [4.78, 5) is 4.14. The van der Waals surface area contributed by atoms with Crippen molar-refractivity contribution in [1.82, 2.24) is 4.98 Å². The first-order valence-electron chi connectivity index (χ1n) is 5.99. The van der Waals surface area contributed by atoms with Gasteiger partial charge < -0.3 is 9.47 Å². The largest absolute Gasteiger partial charge is 0.493 e. The van der Waals surface area contributed by atoms with Crippen LogP contribution in [0.4, 0.5) is 0 Å². The maximum atomic E-state index is 5.92. The average molecular weight is 278 g/mol. The highest BCUT2D eigenvalue weighted by molar-refractivity contribution is 6.17. The number of halogens is 1. The summed E-state index contributed by atoms with van der Waals surface area (Å²) in [6.45, 7) is 2.45. The molecule has 19 heavy (non-hydrogen) atoms. The number of pyridine rings is 1. The van der Waals surface area contributed by atoms with Crippen LogP contribution in [-0.4, -0.2) is 12.1 Å². The minimum Gasteiger partial charge on any atom is -0.493 e. The van der Waals surface area contributed by atoms with E-state index in [4.69, 9.17) is 21.1 Å². The molecule has 0 bridgehead atoms. The zero-order valence-corrected chi connectivity index (χ0v) is 11.8. The first-order chi connectivity index (χ1) is 9.24. The molecule has 0 amide bonds. The van der Waals surface area contributed by atoms with Gasteiger partial charge in [0.05, 0.1) is 13.0 Å². The molecule has 0 atom stereocenters. The summed E-state index contributed by atoms with van der Waals surface area (Å²) in [5, 5.41) is 0. The SMILES string of the molecule is COc1cccc(CCl)c1OCc1cncc(C)c1. The number of aromatic nitrogens is 1. The van der Waals surface area contributed by atoms with Gasteiger partial charge in [-0.1, -0.05) is 12.1 Å². The van der Waals surface area contributed by atoms with Gasteiger partial charge in [0.1, 0.15) is 6.61 Å². The van der Waals surface area contributed by atoms with Crippen molar-refractivity contribution in [2.24, 2.45) is 0 Å². The molecule has 1 heterocycles. The molecule has 1 aromatic carbocycles. The van der Waals surface area contributed by atoms with Gasteiger partial charge in [0, 0.05) is 23.5 Å². The molecule has 2 rings (SSSR count). The van der Waals surface area contributed by atoms with E-state index in [9.17, 15) is 0 Å². The third-order valence-corrected chi connectivity index (χ3v) is 3.03. The van der Waals surface area contributed by atoms with Gasteiger partial charge in [-0.25, -0.2) is 0 Å². The molecular weight excluding hydrogens is 262 g/mol. The molecule has 3 nitrogen and oxygen atoms in total. The fourth-order valence-electron chi connectivity index (χ4n) is 1.84. The predicted molar refractivity (Wildman–Crippen MR) is 75.9 cm³/mol. The third kappa shape index (κ3) is 3.38.